The number of rotatable bonds is 9. The van der Waals surface area contributed by atoms with Gasteiger partial charge in [-0.15, -0.1) is 0 Å². The third kappa shape index (κ3) is 5.39. The van der Waals surface area contributed by atoms with Crippen LogP contribution in [-0.2, 0) is 23.0 Å². The number of nitrogens with one attached hydrogen (secondary N) is 3. The number of fused-ring (bicyclic) bond motifs is 1. The largest absolute Gasteiger partial charge is 0.505 e. The van der Waals surface area contributed by atoms with Crippen molar-refractivity contribution in [2.75, 3.05) is 10.0 Å². The topological polar surface area (TPSA) is 176 Å². The van der Waals surface area contributed by atoms with E-state index in [1.165, 1.54) is 12.1 Å². The number of carbonyl (C=O) groups excluding carboxylic acids is 1. The van der Waals surface area contributed by atoms with Crippen LogP contribution in [0, 0.1) is 12.7 Å². The molecule has 0 atom stereocenters. The van der Waals surface area contributed by atoms with Crippen LogP contribution in [0.3, 0.4) is 0 Å². The quantitative estimate of drug-likeness (QED) is 0.173. The molecular formula is C28H26FN7O4S. The zero-order valence-corrected chi connectivity index (χ0v) is 22.9. The van der Waals surface area contributed by atoms with Crippen LogP contribution in [0.5, 0.6) is 5.75 Å². The SMILES string of the molecule is CCc1cc(O)c(F)cc1-c1nc(NCc2ccccc2NS(=O)(=O)c2ccccc2C)c2c(C(N)=O)[nH]nc2n1. The lowest BCUT2D eigenvalue weighted by atomic mass is 10.0. The van der Waals surface area contributed by atoms with Gasteiger partial charge in [0.1, 0.15) is 11.5 Å². The smallest absolute Gasteiger partial charge is 0.267 e. The molecule has 0 bridgehead atoms. The molecule has 3 aromatic carbocycles. The number of aromatic hydroxyl groups is 1. The molecular weight excluding hydrogens is 549 g/mol. The van der Waals surface area contributed by atoms with E-state index in [-0.39, 0.29) is 39.8 Å². The van der Waals surface area contributed by atoms with Crippen molar-refractivity contribution in [3.8, 4) is 17.1 Å². The lowest BCUT2D eigenvalue weighted by molar-refractivity contribution is 0.0997. The Morgan fingerprint density at radius 2 is 1.80 bits per heavy atom. The number of hydrogen-bond acceptors (Lipinski definition) is 8. The number of aryl methyl sites for hydroxylation is 2. The predicted molar refractivity (Wildman–Crippen MR) is 152 cm³/mol. The van der Waals surface area contributed by atoms with Crippen LogP contribution in [-0.4, -0.2) is 39.6 Å². The van der Waals surface area contributed by atoms with Crippen molar-refractivity contribution in [3.05, 3.63) is 88.9 Å². The Morgan fingerprint density at radius 3 is 2.54 bits per heavy atom. The van der Waals surface area contributed by atoms with Crippen molar-refractivity contribution in [2.45, 2.75) is 31.7 Å². The number of nitrogens with two attached hydrogens (primary N) is 1. The van der Waals surface area contributed by atoms with Gasteiger partial charge in [0.25, 0.3) is 15.9 Å². The van der Waals surface area contributed by atoms with Gasteiger partial charge in [-0.2, -0.15) is 5.10 Å². The molecule has 210 valence electrons. The number of amides is 1. The monoisotopic (exact) mass is 575 g/mol. The molecule has 5 rings (SSSR count). The highest BCUT2D eigenvalue weighted by Gasteiger charge is 2.22. The van der Waals surface area contributed by atoms with Gasteiger partial charge < -0.3 is 16.2 Å². The molecule has 0 spiro atoms. The highest BCUT2D eigenvalue weighted by atomic mass is 32.2. The third-order valence-electron chi connectivity index (χ3n) is 6.55. The number of sulfonamides is 1. The molecule has 13 heteroatoms. The minimum Gasteiger partial charge on any atom is -0.505 e. The van der Waals surface area contributed by atoms with Crippen LogP contribution in [0.4, 0.5) is 15.9 Å². The highest BCUT2D eigenvalue weighted by Crippen LogP contribution is 2.32. The van der Waals surface area contributed by atoms with Gasteiger partial charge in [0.15, 0.2) is 23.0 Å². The molecule has 1 amide bonds. The van der Waals surface area contributed by atoms with Gasteiger partial charge >= 0.3 is 0 Å². The number of carbonyl (C=O) groups is 1. The Balaban J connectivity index is 1.55. The van der Waals surface area contributed by atoms with Crippen LogP contribution >= 0.6 is 0 Å². The average Bonchev–Trinajstić information content (AvgIpc) is 3.38. The summed E-state index contributed by atoms with van der Waals surface area (Å²) in [7, 11) is -3.89. The molecule has 0 aliphatic carbocycles. The van der Waals surface area contributed by atoms with Crippen LogP contribution in [0.1, 0.15) is 34.1 Å². The maximum Gasteiger partial charge on any atom is 0.267 e. The summed E-state index contributed by atoms with van der Waals surface area (Å²) in [6, 6.07) is 15.9. The van der Waals surface area contributed by atoms with Gasteiger partial charge in [-0.3, -0.25) is 14.6 Å². The number of nitrogens with zero attached hydrogens (tertiary/aromatic N) is 3. The van der Waals surface area contributed by atoms with Crippen LogP contribution in [0.15, 0.2) is 65.6 Å². The number of aromatic nitrogens is 4. The van der Waals surface area contributed by atoms with E-state index in [0.717, 1.165) is 6.07 Å². The summed E-state index contributed by atoms with van der Waals surface area (Å²) in [5, 5.41) is 19.9. The predicted octanol–water partition coefficient (Wildman–Crippen LogP) is 4.25. The first-order valence-electron chi connectivity index (χ1n) is 12.6. The first kappa shape index (κ1) is 27.5. The Labute approximate surface area is 234 Å². The molecule has 2 aromatic heterocycles. The first-order valence-corrected chi connectivity index (χ1v) is 14.0. The molecule has 2 heterocycles. The van der Waals surface area contributed by atoms with Gasteiger partial charge in [0.05, 0.1) is 16.0 Å². The molecule has 0 aliphatic rings. The summed E-state index contributed by atoms with van der Waals surface area (Å²) < 4.78 is 43.3. The molecule has 0 radical (unpaired) electrons. The van der Waals surface area contributed by atoms with Gasteiger partial charge in [-0.25, -0.2) is 22.8 Å². The first-order chi connectivity index (χ1) is 19.6. The fourth-order valence-corrected chi connectivity index (χ4v) is 5.82. The zero-order chi connectivity index (χ0) is 29.3. The van der Waals surface area contributed by atoms with Crippen molar-refractivity contribution in [1.29, 1.82) is 0 Å². The normalized spacial score (nSPS) is 11.5. The summed E-state index contributed by atoms with van der Waals surface area (Å²) in [6.07, 6.45) is 0.453. The molecule has 0 saturated heterocycles. The number of primary amides is 1. The second kappa shape index (κ2) is 10.8. The van der Waals surface area contributed by atoms with Crippen molar-refractivity contribution < 1.29 is 22.7 Å². The van der Waals surface area contributed by atoms with Gasteiger partial charge in [0, 0.05) is 12.1 Å². The number of anilines is 2. The summed E-state index contributed by atoms with van der Waals surface area (Å²) in [4.78, 5) is 21.3. The number of H-pyrrole nitrogens is 1. The molecule has 6 N–H and O–H groups in total. The minimum atomic E-state index is -3.89. The van der Waals surface area contributed by atoms with E-state index < -0.39 is 27.5 Å². The maximum absolute atomic E-state index is 14.3. The molecule has 0 saturated carbocycles. The summed E-state index contributed by atoms with van der Waals surface area (Å²) in [5.74, 6) is -1.86. The van der Waals surface area contributed by atoms with E-state index >= 15 is 0 Å². The number of phenolic OH excluding ortho intramolecular Hbond substituents is 1. The lowest BCUT2D eigenvalue weighted by Crippen LogP contribution is -2.16. The number of phenols is 1. The van der Waals surface area contributed by atoms with Gasteiger partial charge in [-0.05, 0) is 54.3 Å². The van der Waals surface area contributed by atoms with E-state index in [4.69, 9.17) is 5.73 Å². The number of hydrogen-bond donors (Lipinski definition) is 5. The molecule has 0 fully saturated rings. The Hall–Kier alpha value is -5.04. The summed E-state index contributed by atoms with van der Waals surface area (Å²) in [6.45, 7) is 3.62. The Kier molecular flexibility index (Phi) is 7.28. The van der Waals surface area contributed by atoms with Gasteiger partial charge in [-0.1, -0.05) is 43.3 Å². The van der Waals surface area contributed by atoms with Crippen molar-refractivity contribution in [2.24, 2.45) is 5.73 Å². The molecule has 5 aromatic rings. The maximum atomic E-state index is 14.3. The van der Waals surface area contributed by atoms with Gasteiger partial charge in [0.2, 0.25) is 0 Å². The molecule has 0 unspecified atom stereocenters. The van der Waals surface area contributed by atoms with Crippen molar-refractivity contribution in [1.82, 2.24) is 20.2 Å². The Morgan fingerprint density at radius 1 is 1.07 bits per heavy atom. The lowest BCUT2D eigenvalue weighted by Gasteiger charge is -2.15. The van der Waals surface area contributed by atoms with Crippen molar-refractivity contribution in [3.63, 3.8) is 0 Å². The minimum absolute atomic E-state index is 0.0322. The van der Waals surface area contributed by atoms with E-state index in [1.54, 1.807) is 49.4 Å². The fourth-order valence-electron chi connectivity index (χ4n) is 4.47. The number of halogens is 1. The average molecular weight is 576 g/mol. The highest BCUT2D eigenvalue weighted by molar-refractivity contribution is 7.92. The fraction of sp³-hybridized carbons (Fsp3) is 0.143. The van der Waals surface area contributed by atoms with E-state index in [9.17, 15) is 22.7 Å². The van der Waals surface area contributed by atoms with E-state index in [1.807, 2.05) is 6.92 Å². The van der Waals surface area contributed by atoms with Crippen molar-refractivity contribution >= 4 is 38.5 Å². The summed E-state index contributed by atoms with van der Waals surface area (Å²) in [5.41, 5.74) is 8.06. The molecule has 0 aliphatic heterocycles. The number of para-hydroxylation sites is 1. The number of aromatic amines is 1. The molecule has 11 nitrogen and oxygen atoms in total. The second-order valence-corrected chi connectivity index (χ2v) is 10.9. The summed E-state index contributed by atoms with van der Waals surface area (Å²) >= 11 is 0. The zero-order valence-electron chi connectivity index (χ0n) is 22.1. The Bertz CT molecular complexity index is 1910. The number of benzene rings is 3. The van der Waals surface area contributed by atoms with Crippen LogP contribution in [0.2, 0.25) is 0 Å². The van der Waals surface area contributed by atoms with Crippen LogP contribution < -0.4 is 15.8 Å². The third-order valence-corrected chi connectivity index (χ3v) is 8.07. The van der Waals surface area contributed by atoms with E-state index in [2.05, 4.69) is 30.2 Å². The van der Waals surface area contributed by atoms with Crippen LogP contribution in [0.25, 0.3) is 22.4 Å². The molecule has 41 heavy (non-hydrogen) atoms. The van der Waals surface area contributed by atoms with E-state index in [0.29, 0.717) is 34.4 Å². The standard InChI is InChI=1S/C28H26FN7O4S/c1-3-16-12-21(37)19(29)13-18(16)26-32-27(23-24(25(30)38)34-35-28(23)33-26)31-14-17-9-5-6-10-20(17)36-41(39,40)22-11-7-4-8-15(22)2/h4-13,36-37H,3,14H2,1-2H3,(H2,30,38)(H2,31,32,33,34,35). The second-order valence-electron chi connectivity index (χ2n) is 9.25.